The van der Waals surface area contributed by atoms with Gasteiger partial charge < -0.3 is 15.2 Å². The van der Waals surface area contributed by atoms with Crippen molar-refractivity contribution in [2.75, 3.05) is 18.9 Å². The molecule has 1 unspecified atom stereocenters. The Morgan fingerprint density at radius 1 is 1.62 bits per heavy atom. The molecule has 0 radical (unpaired) electrons. The second-order valence-electron chi connectivity index (χ2n) is 3.65. The van der Waals surface area contributed by atoms with E-state index in [-0.39, 0.29) is 12.5 Å². The molecule has 0 aliphatic carbocycles. The van der Waals surface area contributed by atoms with E-state index in [2.05, 4.69) is 5.32 Å². The maximum absolute atomic E-state index is 10.3. The molecule has 1 saturated heterocycles. The van der Waals surface area contributed by atoms with Crippen LogP contribution in [0.15, 0.2) is 0 Å². The Bertz CT molecular complexity index is 242. The molecule has 1 heterocycles. The van der Waals surface area contributed by atoms with E-state index in [1.165, 1.54) is 11.8 Å². The zero-order chi connectivity index (χ0) is 11.8. The molecule has 0 aromatic carbocycles. The van der Waals surface area contributed by atoms with E-state index < -0.39 is 5.97 Å². The van der Waals surface area contributed by atoms with Crippen molar-refractivity contribution in [3.63, 3.8) is 0 Å². The van der Waals surface area contributed by atoms with Gasteiger partial charge in [0.15, 0.2) is 0 Å². The van der Waals surface area contributed by atoms with Crippen molar-refractivity contribution in [3.8, 4) is 0 Å². The Morgan fingerprint density at radius 2 is 2.44 bits per heavy atom. The second kappa shape index (κ2) is 7.86. The minimum Gasteiger partial charge on any atom is -0.481 e. The molecule has 0 spiro atoms. The summed E-state index contributed by atoms with van der Waals surface area (Å²) in [6, 6.07) is 0. The number of carbonyl (C=O) groups is 1. The average molecular weight is 263 g/mol. The number of nitrogens with one attached hydrogen (secondary N) is 1. The molecule has 2 N–H and O–H groups in total. The van der Waals surface area contributed by atoms with Gasteiger partial charge in [0.25, 0.3) is 0 Å². The predicted octanol–water partition coefficient (Wildman–Crippen LogP) is 1.64. The average Bonchev–Trinajstić information content (AvgIpc) is 2.74. The summed E-state index contributed by atoms with van der Waals surface area (Å²) in [6.07, 6.45) is 3.38. The number of carboxylic acid groups (broad SMARTS) is 1. The minimum absolute atomic E-state index is 0.210. The first-order valence-corrected chi connectivity index (χ1v) is 6.82. The normalized spacial score (nSPS) is 19.6. The molecule has 0 bridgehead atoms. The Hall–Kier alpha value is -0.330. The monoisotopic (exact) mass is 263 g/mol. The van der Waals surface area contributed by atoms with Gasteiger partial charge in [-0.25, -0.2) is 0 Å². The predicted molar refractivity (Wildman–Crippen MR) is 68.9 cm³/mol. The van der Waals surface area contributed by atoms with Gasteiger partial charge in [0, 0.05) is 25.3 Å². The van der Waals surface area contributed by atoms with Crippen LogP contribution < -0.4 is 5.32 Å². The molecule has 0 saturated carbocycles. The van der Waals surface area contributed by atoms with Crippen molar-refractivity contribution in [2.24, 2.45) is 0 Å². The maximum Gasteiger partial charge on any atom is 0.303 e. The largest absolute Gasteiger partial charge is 0.481 e. The number of thioether (sulfide) groups is 1. The number of carboxylic acids is 1. The Labute approximate surface area is 105 Å². The lowest BCUT2D eigenvalue weighted by atomic mass is 10.2. The molecular formula is C10H17NO3S2. The van der Waals surface area contributed by atoms with Gasteiger partial charge in [0.1, 0.15) is 4.32 Å². The molecule has 16 heavy (non-hydrogen) atoms. The number of thiocarbonyl (C=S) groups is 1. The molecule has 0 amide bonds. The van der Waals surface area contributed by atoms with E-state index in [1.807, 2.05) is 0 Å². The quantitative estimate of drug-likeness (QED) is 0.561. The number of ether oxygens (including phenoxy) is 1. The number of hydrogen-bond acceptors (Lipinski definition) is 4. The smallest absolute Gasteiger partial charge is 0.303 e. The molecule has 1 atom stereocenters. The lowest BCUT2D eigenvalue weighted by Crippen LogP contribution is -2.29. The summed E-state index contributed by atoms with van der Waals surface area (Å²) in [6.45, 7) is 1.62. The van der Waals surface area contributed by atoms with Crippen molar-refractivity contribution >= 4 is 34.3 Å². The Morgan fingerprint density at radius 3 is 3.06 bits per heavy atom. The maximum atomic E-state index is 10.3. The van der Waals surface area contributed by atoms with E-state index in [9.17, 15) is 4.79 Å². The summed E-state index contributed by atoms with van der Waals surface area (Å²) in [7, 11) is 0. The highest BCUT2D eigenvalue weighted by atomic mass is 32.2. The third-order valence-electron chi connectivity index (χ3n) is 2.27. The van der Waals surface area contributed by atoms with Gasteiger partial charge in [-0.05, 0) is 19.3 Å². The van der Waals surface area contributed by atoms with Crippen LogP contribution in [-0.4, -0.2) is 40.4 Å². The van der Waals surface area contributed by atoms with E-state index in [1.54, 1.807) is 0 Å². The molecule has 0 aromatic heterocycles. The van der Waals surface area contributed by atoms with Crippen LogP contribution in [0.1, 0.15) is 25.7 Å². The molecule has 1 fully saturated rings. The Balaban J connectivity index is 1.95. The van der Waals surface area contributed by atoms with Gasteiger partial charge >= 0.3 is 5.97 Å². The van der Waals surface area contributed by atoms with E-state index in [0.717, 1.165) is 36.1 Å². The van der Waals surface area contributed by atoms with Crippen molar-refractivity contribution in [1.29, 1.82) is 0 Å². The van der Waals surface area contributed by atoms with Crippen LogP contribution in [-0.2, 0) is 9.53 Å². The fraction of sp³-hybridized carbons (Fsp3) is 0.800. The number of rotatable bonds is 6. The van der Waals surface area contributed by atoms with E-state index >= 15 is 0 Å². The molecular weight excluding hydrogens is 246 g/mol. The molecule has 92 valence electrons. The number of hydrogen-bond donors (Lipinski definition) is 2. The van der Waals surface area contributed by atoms with Crippen LogP contribution >= 0.6 is 24.0 Å². The standard InChI is InChI=1S/C10H17NO3S2/c12-9(13)4-2-6-16-10(15)11-7-8-3-1-5-14-8/h8H,1-7H2,(H,11,15)(H,12,13). The van der Waals surface area contributed by atoms with Crippen LogP contribution in [0.4, 0.5) is 0 Å². The van der Waals surface area contributed by atoms with E-state index in [0.29, 0.717) is 6.42 Å². The SMILES string of the molecule is O=C(O)CCCSC(=S)NCC1CCCO1. The first-order valence-electron chi connectivity index (χ1n) is 5.42. The highest BCUT2D eigenvalue weighted by Gasteiger charge is 2.15. The summed E-state index contributed by atoms with van der Waals surface area (Å²) in [5.41, 5.74) is 0. The van der Waals surface area contributed by atoms with Gasteiger partial charge in [-0.2, -0.15) is 0 Å². The summed E-state index contributed by atoms with van der Waals surface area (Å²) in [4.78, 5) is 10.3. The summed E-state index contributed by atoms with van der Waals surface area (Å²) >= 11 is 6.62. The Kier molecular flexibility index (Phi) is 6.75. The van der Waals surface area contributed by atoms with Gasteiger partial charge in [-0.3, -0.25) is 4.79 Å². The van der Waals surface area contributed by atoms with Crippen LogP contribution in [0.5, 0.6) is 0 Å². The molecule has 1 aliphatic rings. The van der Waals surface area contributed by atoms with Crippen LogP contribution in [0, 0.1) is 0 Å². The lowest BCUT2D eigenvalue weighted by Gasteiger charge is -2.11. The molecule has 1 rings (SSSR count). The fourth-order valence-corrected chi connectivity index (χ4v) is 2.43. The highest BCUT2D eigenvalue weighted by Crippen LogP contribution is 2.12. The zero-order valence-corrected chi connectivity index (χ0v) is 10.7. The third-order valence-corrected chi connectivity index (χ3v) is 3.66. The van der Waals surface area contributed by atoms with Gasteiger partial charge in [0.05, 0.1) is 6.10 Å². The molecule has 4 nitrogen and oxygen atoms in total. The minimum atomic E-state index is -0.751. The second-order valence-corrected chi connectivity index (χ2v) is 5.42. The topological polar surface area (TPSA) is 58.6 Å². The highest BCUT2D eigenvalue weighted by molar-refractivity contribution is 8.22. The van der Waals surface area contributed by atoms with E-state index in [4.69, 9.17) is 22.1 Å². The van der Waals surface area contributed by atoms with Gasteiger partial charge in [-0.1, -0.05) is 24.0 Å². The number of aliphatic carboxylic acids is 1. The van der Waals surface area contributed by atoms with Gasteiger partial charge in [-0.15, -0.1) is 0 Å². The van der Waals surface area contributed by atoms with Crippen molar-refractivity contribution in [1.82, 2.24) is 5.32 Å². The summed E-state index contributed by atoms with van der Waals surface area (Å²) < 4.78 is 6.19. The van der Waals surface area contributed by atoms with Crippen LogP contribution in [0.2, 0.25) is 0 Å². The summed E-state index contributed by atoms with van der Waals surface area (Å²) in [5, 5.41) is 11.6. The first-order chi connectivity index (χ1) is 7.68. The lowest BCUT2D eigenvalue weighted by molar-refractivity contribution is -0.137. The molecule has 6 heteroatoms. The zero-order valence-electron chi connectivity index (χ0n) is 9.11. The molecule has 1 aliphatic heterocycles. The fourth-order valence-electron chi connectivity index (χ4n) is 1.44. The molecule has 0 aromatic rings. The summed E-state index contributed by atoms with van der Waals surface area (Å²) in [5.74, 6) is 0.00255. The van der Waals surface area contributed by atoms with Crippen molar-refractivity contribution in [2.45, 2.75) is 31.8 Å². The van der Waals surface area contributed by atoms with Crippen molar-refractivity contribution in [3.05, 3.63) is 0 Å². The van der Waals surface area contributed by atoms with Gasteiger partial charge in [0.2, 0.25) is 0 Å². The van der Waals surface area contributed by atoms with Crippen molar-refractivity contribution < 1.29 is 14.6 Å². The third kappa shape index (κ3) is 6.30. The van der Waals surface area contributed by atoms with Crippen LogP contribution in [0.3, 0.4) is 0 Å². The van der Waals surface area contributed by atoms with Crippen LogP contribution in [0.25, 0.3) is 0 Å². The first kappa shape index (κ1) is 13.7.